The quantitative estimate of drug-likeness (QED) is 0.749. The summed E-state index contributed by atoms with van der Waals surface area (Å²) in [5.41, 5.74) is -1.06. The van der Waals surface area contributed by atoms with Crippen molar-refractivity contribution in [1.29, 1.82) is 0 Å². The van der Waals surface area contributed by atoms with Gasteiger partial charge in [0.15, 0.2) is 0 Å². The molecule has 11 heteroatoms. The molecule has 0 atom stereocenters. The van der Waals surface area contributed by atoms with Gasteiger partial charge in [0.1, 0.15) is 11.4 Å². The summed E-state index contributed by atoms with van der Waals surface area (Å²) in [6.07, 6.45) is -1.91. The molecule has 0 aromatic carbocycles. The maximum Gasteiger partial charge on any atom is 0.433 e. The van der Waals surface area contributed by atoms with E-state index in [2.05, 4.69) is 20.3 Å². The Bertz CT molecular complexity index is 827. The van der Waals surface area contributed by atoms with Crippen LogP contribution in [0, 0.1) is 5.92 Å². The normalized spacial score (nSPS) is 15.3. The SMILES string of the molecule is O=C(Nc1ccc(C(F)(F)F)nc1)c1cc(OCC2CCOCC2)nc(Cl)n1. The molecule has 1 aliphatic rings. The summed E-state index contributed by atoms with van der Waals surface area (Å²) in [5.74, 6) is -0.220. The largest absolute Gasteiger partial charge is 0.477 e. The van der Waals surface area contributed by atoms with E-state index in [1.165, 1.54) is 6.07 Å². The zero-order valence-electron chi connectivity index (χ0n) is 14.5. The van der Waals surface area contributed by atoms with Gasteiger partial charge in [-0.15, -0.1) is 0 Å². The van der Waals surface area contributed by atoms with E-state index in [0.29, 0.717) is 25.7 Å². The fourth-order valence-corrected chi connectivity index (χ4v) is 2.71. The Balaban J connectivity index is 1.65. The van der Waals surface area contributed by atoms with Crippen molar-refractivity contribution in [1.82, 2.24) is 15.0 Å². The Morgan fingerprint density at radius 2 is 2.04 bits per heavy atom. The molecule has 0 aliphatic carbocycles. The maximum absolute atomic E-state index is 12.5. The number of aromatic nitrogens is 3. The lowest BCUT2D eigenvalue weighted by atomic mass is 10.0. The number of hydrogen-bond acceptors (Lipinski definition) is 6. The van der Waals surface area contributed by atoms with Gasteiger partial charge in [-0.25, -0.2) is 9.97 Å². The molecule has 3 rings (SSSR count). The zero-order valence-corrected chi connectivity index (χ0v) is 15.3. The highest BCUT2D eigenvalue weighted by molar-refractivity contribution is 6.28. The van der Waals surface area contributed by atoms with Crippen LogP contribution in [-0.4, -0.2) is 40.7 Å². The van der Waals surface area contributed by atoms with Gasteiger partial charge in [-0.3, -0.25) is 4.79 Å². The molecule has 1 N–H and O–H groups in total. The standard InChI is InChI=1S/C17H16ClF3N4O3/c18-16-24-12(7-14(25-16)28-9-10-3-5-27-6-4-10)15(26)23-11-1-2-13(22-8-11)17(19,20)21/h1-2,7-8,10H,3-6,9H2,(H,23,26). The molecule has 1 saturated heterocycles. The third-order valence-electron chi connectivity index (χ3n) is 4.03. The molecular formula is C17H16ClF3N4O3. The van der Waals surface area contributed by atoms with Crippen molar-refractivity contribution in [3.05, 3.63) is 41.1 Å². The first-order valence-electron chi connectivity index (χ1n) is 8.41. The zero-order chi connectivity index (χ0) is 20.1. The highest BCUT2D eigenvalue weighted by atomic mass is 35.5. The van der Waals surface area contributed by atoms with E-state index in [0.717, 1.165) is 31.2 Å². The molecule has 1 amide bonds. The van der Waals surface area contributed by atoms with Gasteiger partial charge < -0.3 is 14.8 Å². The van der Waals surface area contributed by atoms with Crippen LogP contribution in [0.25, 0.3) is 0 Å². The van der Waals surface area contributed by atoms with Crippen LogP contribution in [0.5, 0.6) is 5.88 Å². The van der Waals surface area contributed by atoms with Crippen LogP contribution < -0.4 is 10.1 Å². The third-order valence-corrected chi connectivity index (χ3v) is 4.20. The molecule has 0 spiro atoms. The van der Waals surface area contributed by atoms with E-state index in [9.17, 15) is 18.0 Å². The number of carbonyl (C=O) groups excluding carboxylic acids is 1. The topological polar surface area (TPSA) is 86.2 Å². The lowest BCUT2D eigenvalue weighted by molar-refractivity contribution is -0.141. The van der Waals surface area contributed by atoms with Crippen molar-refractivity contribution in [2.75, 3.05) is 25.1 Å². The summed E-state index contributed by atoms with van der Waals surface area (Å²) in [7, 11) is 0. The van der Waals surface area contributed by atoms with Gasteiger partial charge in [0.05, 0.1) is 18.5 Å². The maximum atomic E-state index is 12.5. The van der Waals surface area contributed by atoms with Crippen LogP contribution in [0.4, 0.5) is 18.9 Å². The molecular weight excluding hydrogens is 401 g/mol. The van der Waals surface area contributed by atoms with Crippen molar-refractivity contribution in [3.63, 3.8) is 0 Å². The van der Waals surface area contributed by atoms with Crippen molar-refractivity contribution in [2.45, 2.75) is 19.0 Å². The summed E-state index contributed by atoms with van der Waals surface area (Å²) in [5, 5.41) is 2.23. The van der Waals surface area contributed by atoms with Gasteiger partial charge in [0.2, 0.25) is 11.2 Å². The Kier molecular flexibility index (Phi) is 6.30. The first-order valence-corrected chi connectivity index (χ1v) is 8.79. The Morgan fingerprint density at radius 3 is 2.68 bits per heavy atom. The van der Waals surface area contributed by atoms with E-state index in [4.69, 9.17) is 21.1 Å². The summed E-state index contributed by atoms with van der Waals surface area (Å²) in [6.45, 7) is 1.75. The summed E-state index contributed by atoms with van der Waals surface area (Å²) in [4.78, 5) is 23.4. The second kappa shape index (κ2) is 8.70. The van der Waals surface area contributed by atoms with Crippen molar-refractivity contribution in [2.24, 2.45) is 5.92 Å². The molecule has 0 saturated carbocycles. The van der Waals surface area contributed by atoms with Crippen molar-refractivity contribution in [3.8, 4) is 5.88 Å². The number of amides is 1. The minimum atomic E-state index is -4.56. The van der Waals surface area contributed by atoms with E-state index in [1.54, 1.807) is 0 Å². The Hall–Kier alpha value is -2.46. The summed E-state index contributed by atoms with van der Waals surface area (Å²) >= 11 is 5.85. The predicted octanol–water partition coefficient (Wildman–Crippen LogP) is 3.60. The molecule has 28 heavy (non-hydrogen) atoms. The van der Waals surface area contributed by atoms with Gasteiger partial charge in [0, 0.05) is 19.3 Å². The molecule has 7 nitrogen and oxygen atoms in total. The first-order chi connectivity index (χ1) is 13.3. The van der Waals surface area contributed by atoms with E-state index < -0.39 is 17.8 Å². The second-order valence-electron chi connectivity index (χ2n) is 6.11. The number of nitrogens with zero attached hydrogens (tertiary/aromatic N) is 3. The van der Waals surface area contributed by atoms with Gasteiger partial charge >= 0.3 is 6.18 Å². The van der Waals surface area contributed by atoms with Gasteiger partial charge in [0.25, 0.3) is 5.91 Å². The molecule has 0 bridgehead atoms. The van der Waals surface area contributed by atoms with E-state index >= 15 is 0 Å². The number of pyridine rings is 1. The molecule has 3 heterocycles. The van der Waals surface area contributed by atoms with Crippen LogP contribution >= 0.6 is 11.6 Å². The van der Waals surface area contributed by atoms with Crippen LogP contribution in [0.15, 0.2) is 24.4 Å². The van der Waals surface area contributed by atoms with Crippen molar-refractivity contribution >= 4 is 23.2 Å². The Labute approximate surface area is 163 Å². The highest BCUT2D eigenvalue weighted by Crippen LogP contribution is 2.28. The minimum absolute atomic E-state index is 0.0809. The smallest absolute Gasteiger partial charge is 0.433 e. The number of nitrogens with one attached hydrogen (secondary N) is 1. The van der Waals surface area contributed by atoms with E-state index in [-0.39, 0.29) is 22.5 Å². The number of carbonyl (C=O) groups is 1. The number of alkyl halides is 3. The van der Waals surface area contributed by atoms with Gasteiger partial charge in [-0.05, 0) is 42.5 Å². The predicted molar refractivity (Wildman–Crippen MR) is 93.3 cm³/mol. The fraction of sp³-hybridized carbons (Fsp3) is 0.412. The average molecular weight is 417 g/mol. The number of anilines is 1. The average Bonchev–Trinajstić information content (AvgIpc) is 2.66. The Morgan fingerprint density at radius 1 is 1.29 bits per heavy atom. The number of ether oxygens (including phenoxy) is 2. The molecule has 0 radical (unpaired) electrons. The lowest BCUT2D eigenvalue weighted by Crippen LogP contribution is -2.22. The molecule has 1 fully saturated rings. The fourth-order valence-electron chi connectivity index (χ4n) is 2.53. The van der Waals surface area contributed by atoms with Crippen LogP contribution in [0.1, 0.15) is 29.0 Å². The minimum Gasteiger partial charge on any atom is -0.477 e. The summed E-state index contributed by atoms with van der Waals surface area (Å²) in [6, 6.07) is 3.18. The molecule has 1 aliphatic heterocycles. The molecule has 150 valence electrons. The first kappa shape index (κ1) is 20.3. The molecule has 2 aromatic heterocycles. The van der Waals surface area contributed by atoms with E-state index in [1.807, 2.05) is 0 Å². The highest BCUT2D eigenvalue weighted by Gasteiger charge is 2.32. The molecule has 0 unspecified atom stereocenters. The van der Waals surface area contributed by atoms with Crippen LogP contribution in [0.3, 0.4) is 0 Å². The molecule has 2 aromatic rings. The third kappa shape index (κ3) is 5.52. The number of halogens is 4. The lowest BCUT2D eigenvalue weighted by Gasteiger charge is -2.21. The second-order valence-corrected chi connectivity index (χ2v) is 6.45. The van der Waals surface area contributed by atoms with Crippen LogP contribution in [-0.2, 0) is 10.9 Å². The number of rotatable bonds is 5. The van der Waals surface area contributed by atoms with Crippen molar-refractivity contribution < 1.29 is 27.4 Å². The summed E-state index contributed by atoms with van der Waals surface area (Å²) < 4.78 is 48.5. The van der Waals surface area contributed by atoms with Crippen LogP contribution in [0.2, 0.25) is 5.28 Å². The van der Waals surface area contributed by atoms with Gasteiger partial charge in [-0.1, -0.05) is 0 Å². The monoisotopic (exact) mass is 416 g/mol. The van der Waals surface area contributed by atoms with Gasteiger partial charge in [-0.2, -0.15) is 18.2 Å². The number of hydrogen-bond donors (Lipinski definition) is 1.